The van der Waals surface area contributed by atoms with Crippen LogP contribution in [0.3, 0.4) is 0 Å². The fraction of sp³-hybridized carbons (Fsp3) is 0.316. The number of amides is 1. The SMILES string of the molecule is CCOC(=O)c1[nH]c(C)c(C(=O)O[C@H](C)C(=O)Nc2ccc(F)c(F)c2F)c1C. The monoisotopic (exact) mass is 412 g/mol. The van der Waals surface area contributed by atoms with Crippen LogP contribution in [0.2, 0.25) is 0 Å². The normalized spacial score (nSPS) is 11.7. The van der Waals surface area contributed by atoms with Gasteiger partial charge in [0.05, 0.1) is 17.9 Å². The lowest BCUT2D eigenvalue weighted by molar-refractivity contribution is -0.123. The van der Waals surface area contributed by atoms with Crippen molar-refractivity contribution < 1.29 is 37.0 Å². The number of aryl methyl sites for hydroxylation is 1. The Balaban J connectivity index is 2.14. The lowest BCUT2D eigenvalue weighted by Crippen LogP contribution is -2.30. The van der Waals surface area contributed by atoms with Crippen LogP contribution in [0.5, 0.6) is 0 Å². The van der Waals surface area contributed by atoms with Crippen LogP contribution >= 0.6 is 0 Å². The van der Waals surface area contributed by atoms with Crippen LogP contribution in [0, 0.1) is 31.3 Å². The smallest absolute Gasteiger partial charge is 0.355 e. The first-order valence-electron chi connectivity index (χ1n) is 8.60. The predicted molar refractivity (Wildman–Crippen MR) is 96.0 cm³/mol. The van der Waals surface area contributed by atoms with Crippen molar-refractivity contribution in [1.29, 1.82) is 0 Å². The Bertz CT molecular complexity index is 971. The number of hydrogen-bond donors (Lipinski definition) is 2. The van der Waals surface area contributed by atoms with Crippen molar-refractivity contribution in [3.63, 3.8) is 0 Å². The summed E-state index contributed by atoms with van der Waals surface area (Å²) in [5, 5.41) is 2.02. The molecule has 1 atom stereocenters. The fourth-order valence-corrected chi connectivity index (χ4v) is 2.59. The molecule has 0 saturated heterocycles. The minimum absolute atomic E-state index is 0.0479. The number of esters is 2. The van der Waals surface area contributed by atoms with Crippen molar-refractivity contribution in [2.75, 3.05) is 11.9 Å². The average Bonchev–Trinajstić information content (AvgIpc) is 2.96. The van der Waals surface area contributed by atoms with Gasteiger partial charge in [-0.05, 0) is 45.4 Å². The molecule has 1 aromatic carbocycles. The predicted octanol–water partition coefficient (Wildman–Crippen LogP) is 3.41. The van der Waals surface area contributed by atoms with Gasteiger partial charge in [-0.3, -0.25) is 4.79 Å². The van der Waals surface area contributed by atoms with Crippen molar-refractivity contribution >= 4 is 23.5 Å². The Morgan fingerprint density at radius 1 is 1.10 bits per heavy atom. The summed E-state index contributed by atoms with van der Waals surface area (Å²) in [6.07, 6.45) is -1.39. The van der Waals surface area contributed by atoms with E-state index in [1.807, 2.05) is 5.32 Å². The molecule has 0 fully saturated rings. The van der Waals surface area contributed by atoms with E-state index in [4.69, 9.17) is 9.47 Å². The van der Waals surface area contributed by atoms with Gasteiger partial charge in [-0.2, -0.15) is 0 Å². The van der Waals surface area contributed by atoms with Gasteiger partial charge in [0, 0.05) is 5.69 Å². The van der Waals surface area contributed by atoms with Gasteiger partial charge in [0.15, 0.2) is 23.6 Å². The van der Waals surface area contributed by atoms with E-state index >= 15 is 0 Å². The molecule has 0 radical (unpaired) electrons. The highest BCUT2D eigenvalue weighted by atomic mass is 19.2. The van der Waals surface area contributed by atoms with Crippen LogP contribution in [-0.2, 0) is 14.3 Å². The van der Waals surface area contributed by atoms with Gasteiger partial charge >= 0.3 is 11.9 Å². The van der Waals surface area contributed by atoms with Crippen LogP contribution in [0.25, 0.3) is 0 Å². The van der Waals surface area contributed by atoms with Crippen LogP contribution in [0.1, 0.15) is 46.0 Å². The van der Waals surface area contributed by atoms with Gasteiger partial charge < -0.3 is 19.8 Å². The summed E-state index contributed by atoms with van der Waals surface area (Å²) < 4.78 is 49.9. The number of carbonyl (C=O) groups is 3. The summed E-state index contributed by atoms with van der Waals surface area (Å²) in [6.45, 7) is 6.04. The summed E-state index contributed by atoms with van der Waals surface area (Å²) in [5.41, 5.74) is 0.138. The maximum absolute atomic E-state index is 13.7. The largest absolute Gasteiger partial charge is 0.461 e. The molecule has 156 valence electrons. The molecule has 1 aromatic heterocycles. The molecule has 2 aromatic rings. The van der Waals surface area contributed by atoms with Crippen molar-refractivity contribution in [2.24, 2.45) is 0 Å². The Morgan fingerprint density at radius 2 is 1.76 bits per heavy atom. The number of hydrogen-bond acceptors (Lipinski definition) is 5. The van der Waals surface area contributed by atoms with Gasteiger partial charge in [0.2, 0.25) is 0 Å². The third-order valence-electron chi connectivity index (χ3n) is 4.07. The molecule has 0 bridgehead atoms. The third-order valence-corrected chi connectivity index (χ3v) is 4.07. The number of H-pyrrole nitrogens is 1. The molecule has 0 spiro atoms. The second-order valence-corrected chi connectivity index (χ2v) is 6.11. The zero-order chi connectivity index (χ0) is 21.9. The Kier molecular flexibility index (Phi) is 6.68. The van der Waals surface area contributed by atoms with Crippen LogP contribution in [-0.4, -0.2) is 35.5 Å². The van der Waals surface area contributed by atoms with Crippen molar-refractivity contribution in [3.05, 3.63) is 52.1 Å². The van der Waals surface area contributed by atoms with Gasteiger partial charge in [-0.25, -0.2) is 22.8 Å². The van der Waals surface area contributed by atoms with E-state index in [-0.39, 0.29) is 23.4 Å². The highest BCUT2D eigenvalue weighted by molar-refractivity contribution is 6.01. The highest BCUT2D eigenvalue weighted by Gasteiger charge is 2.27. The van der Waals surface area contributed by atoms with Crippen molar-refractivity contribution in [1.82, 2.24) is 4.98 Å². The van der Waals surface area contributed by atoms with E-state index in [0.29, 0.717) is 11.8 Å². The van der Waals surface area contributed by atoms with E-state index in [1.54, 1.807) is 6.92 Å². The number of carbonyl (C=O) groups excluding carboxylic acids is 3. The molecule has 1 amide bonds. The molecule has 0 saturated carbocycles. The van der Waals surface area contributed by atoms with Crippen molar-refractivity contribution in [2.45, 2.75) is 33.8 Å². The molecule has 29 heavy (non-hydrogen) atoms. The molecule has 2 N–H and O–H groups in total. The summed E-state index contributed by atoms with van der Waals surface area (Å²) in [4.78, 5) is 39.2. The van der Waals surface area contributed by atoms with Gasteiger partial charge in [0.1, 0.15) is 5.69 Å². The van der Waals surface area contributed by atoms with E-state index in [2.05, 4.69) is 4.98 Å². The minimum atomic E-state index is -1.74. The number of rotatable bonds is 6. The molecule has 10 heteroatoms. The Hall–Kier alpha value is -3.30. The highest BCUT2D eigenvalue weighted by Crippen LogP contribution is 2.22. The molecule has 7 nitrogen and oxygen atoms in total. The third kappa shape index (κ3) is 4.58. The summed E-state index contributed by atoms with van der Waals surface area (Å²) in [7, 11) is 0. The van der Waals surface area contributed by atoms with Crippen LogP contribution in [0.15, 0.2) is 12.1 Å². The lowest BCUT2D eigenvalue weighted by atomic mass is 10.1. The molecule has 2 rings (SSSR count). The molecular weight excluding hydrogens is 393 g/mol. The second kappa shape index (κ2) is 8.80. The van der Waals surface area contributed by atoms with E-state index in [1.165, 1.54) is 20.8 Å². The standard InChI is InChI=1S/C19H19F3N2O5/c1-5-28-19(27)16-8(2)13(9(3)23-16)18(26)29-10(4)17(25)24-12-7-6-11(20)14(21)15(12)22/h6-7,10,23H,5H2,1-4H3,(H,24,25)/t10-/m1/s1. The quantitative estimate of drug-likeness (QED) is 0.560. The zero-order valence-electron chi connectivity index (χ0n) is 16.1. The zero-order valence-corrected chi connectivity index (χ0v) is 16.1. The van der Waals surface area contributed by atoms with Crippen LogP contribution < -0.4 is 5.32 Å². The fourth-order valence-electron chi connectivity index (χ4n) is 2.59. The second-order valence-electron chi connectivity index (χ2n) is 6.11. The maximum atomic E-state index is 13.7. The maximum Gasteiger partial charge on any atom is 0.355 e. The van der Waals surface area contributed by atoms with Gasteiger partial charge in [-0.1, -0.05) is 0 Å². The van der Waals surface area contributed by atoms with Gasteiger partial charge in [0.25, 0.3) is 5.91 Å². The first-order valence-corrected chi connectivity index (χ1v) is 8.60. The number of halogens is 3. The first kappa shape index (κ1) is 22.0. The van der Waals surface area contributed by atoms with E-state index in [9.17, 15) is 27.6 Å². The number of aromatic amines is 1. The number of benzene rings is 1. The number of aromatic nitrogens is 1. The Labute approximate surface area is 164 Å². The average molecular weight is 412 g/mol. The van der Waals surface area contributed by atoms with Crippen LogP contribution in [0.4, 0.5) is 18.9 Å². The summed E-state index contributed by atoms with van der Waals surface area (Å²) >= 11 is 0. The lowest BCUT2D eigenvalue weighted by Gasteiger charge is -2.14. The molecule has 1 heterocycles. The topological polar surface area (TPSA) is 97.5 Å². The van der Waals surface area contributed by atoms with E-state index < -0.39 is 47.1 Å². The number of ether oxygens (including phenoxy) is 2. The minimum Gasteiger partial charge on any atom is -0.461 e. The Morgan fingerprint density at radius 3 is 2.38 bits per heavy atom. The molecule has 0 aliphatic rings. The number of anilines is 1. The van der Waals surface area contributed by atoms with E-state index in [0.717, 1.165) is 6.07 Å². The summed E-state index contributed by atoms with van der Waals surface area (Å²) in [5.74, 6) is -7.23. The molecule has 0 aliphatic carbocycles. The summed E-state index contributed by atoms with van der Waals surface area (Å²) in [6, 6.07) is 1.49. The molecular formula is C19H19F3N2O5. The van der Waals surface area contributed by atoms with Gasteiger partial charge in [-0.15, -0.1) is 0 Å². The number of nitrogens with one attached hydrogen (secondary N) is 2. The molecule has 0 aliphatic heterocycles. The first-order chi connectivity index (χ1) is 13.6. The molecule has 0 unspecified atom stereocenters. The van der Waals surface area contributed by atoms with Crippen molar-refractivity contribution in [3.8, 4) is 0 Å².